The van der Waals surface area contributed by atoms with E-state index in [4.69, 9.17) is 10.2 Å². The van der Waals surface area contributed by atoms with Crippen LogP contribution in [0.2, 0.25) is 0 Å². The first-order valence-electron chi connectivity index (χ1n) is 10.3. The Bertz CT molecular complexity index is 697. The lowest BCUT2D eigenvalue weighted by Gasteiger charge is -2.22. The topological polar surface area (TPSA) is 64.9 Å². The highest BCUT2D eigenvalue weighted by Gasteiger charge is 2.07. The van der Waals surface area contributed by atoms with Gasteiger partial charge in [-0.05, 0) is 56.4 Å². The summed E-state index contributed by atoms with van der Waals surface area (Å²) < 4.78 is 0. The van der Waals surface area contributed by atoms with Crippen molar-refractivity contribution in [1.82, 2.24) is 10.4 Å². The van der Waals surface area contributed by atoms with Crippen LogP contribution in [0.5, 0.6) is 0 Å². The zero-order valence-electron chi connectivity index (χ0n) is 17.8. The molecule has 0 atom stereocenters. The van der Waals surface area contributed by atoms with Gasteiger partial charge in [0.1, 0.15) is 0 Å². The van der Waals surface area contributed by atoms with E-state index in [9.17, 15) is 4.79 Å². The average Bonchev–Trinajstić information content (AvgIpc) is 2.86. The summed E-state index contributed by atoms with van der Waals surface area (Å²) in [7, 11) is 0. The molecule has 5 nitrogen and oxygen atoms in total. The van der Waals surface area contributed by atoms with E-state index in [1.54, 1.807) is 11.6 Å². The predicted octanol–water partition coefficient (Wildman–Crippen LogP) is 4.56. The third kappa shape index (κ3) is 11.8. The van der Waals surface area contributed by atoms with Gasteiger partial charge in [-0.3, -0.25) is 19.9 Å². The van der Waals surface area contributed by atoms with E-state index in [1.165, 1.54) is 11.8 Å². The summed E-state index contributed by atoms with van der Waals surface area (Å²) >= 11 is 0. The molecule has 0 aromatic carbocycles. The molecular formula is C24H35N3O2. The third-order valence-electron chi connectivity index (χ3n) is 4.47. The summed E-state index contributed by atoms with van der Waals surface area (Å²) in [6.45, 7) is 11.8. The van der Waals surface area contributed by atoms with E-state index < -0.39 is 5.91 Å². The Hall–Kier alpha value is -2.50. The lowest BCUT2D eigenvalue weighted by Crippen LogP contribution is -2.29. The number of carbonyl (C=O) groups excluding carboxylic acids is 1. The number of nitrogens with zero attached hydrogens (tertiary/aromatic N) is 2. The van der Waals surface area contributed by atoms with Crippen molar-refractivity contribution in [2.24, 2.45) is 4.99 Å². The maximum Gasteiger partial charge on any atom is 0.267 e. The standard InChI is InChI=1S/C24H35N3O2/c1-4-18-27(19-16-23-11-9-7-6-8-10-17-25-23)20-21(3)12-13-22(5-2)14-15-24(28)26-29/h5-8,10,12-15,29H,3-4,9,11,16-20H2,1-2H3,(H,26,28). The van der Waals surface area contributed by atoms with Crippen molar-refractivity contribution < 1.29 is 10.0 Å². The fourth-order valence-corrected chi connectivity index (χ4v) is 2.91. The zero-order chi connectivity index (χ0) is 21.3. The number of amides is 1. The number of allylic oxidation sites excluding steroid dienone is 7. The molecule has 1 rings (SSSR count). The first-order valence-corrected chi connectivity index (χ1v) is 10.3. The van der Waals surface area contributed by atoms with Crippen LogP contribution in [-0.4, -0.2) is 47.9 Å². The smallest absolute Gasteiger partial charge is 0.267 e. The van der Waals surface area contributed by atoms with E-state index in [0.29, 0.717) is 0 Å². The molecule has 158 valence electrons. The van der Waals surface area contributed by atoms with E-state index in [0.717, 1.165) is 63.0 Å². The molecule has 1 aliphatic rings. The van der Waals surface area contributed by atoms with Gasteiger partial charge in [-0.1, -0.05) is 56.0 Å². The molecule has 0 spiro atoms. The molecule has 0 aromatic heterocycles. The monoisotopic (exact) mass is 397 g/mol. The molecule has 5 heteroatoms. The number of aliphatic imine (C=N–C) groups is 1. The van der Waals surface area contributed by atoms with Crippen molar-refractivity contribution in [3.8, 4) is 0 Å². The van der Waals surface area contributed by atoms with Crippen LogP contribution in [-0.2, 0) is 4.79 Å². The van der Waals surface area contributed by atoms with Crippen molar-refractivity contribution in [2.75, 3.05) is 26.2 Å². The summed E-state index contributed by atoms with van der Waals surface area (Å²) in [5.74, 6) is -0.551. The van der Waals surface area contributed by atoms with Gasteiger partial charge in [0.2, 0.25) is 0 Å². The fraction of sp³-hybridized carbons (Fsp3) is 0.417. The lowest BCUT2D eigenvalue weighted by molar-refractivity contribution is -0.124. The Morgan fingerprint density at radius 1 is 1.24 bits per heavy atom. The lowest BCUT2D eigenvalue weighted by atomic mass is 10.1. The molecule has 1 heterocycles. The van der Waals surface area contributed by atoms with Crippen molar-refractivity contribution in [3.05, 3.63) is 72.4 Å². The maximum absolute atomic E-state index is 11.1. The number of nitrogens with one attached hydrogen (secondary N) is 1. The molecule has 0 bridgehead atoms. The second-order valence-electron chi connectivity index (χ2n) is 6.92. The van der Waals surface area contributed by atoms with Crippen LogP contribution in [0, 0.1) is 0 Å². The van der Waals surface area contributed by atoms with Crippen molar-refractivity contribution in [3.63, 3.8) is 0 Å². The number of hydrogen-bond acceptors (Lipinski definition) is 4. The minimum Gasteiger partial charge on any atom is -0.299 e. The van der Waals surface area contributed by atoms with E-state index in [1.807, 2.05) is 25.2 Å². The number of rotatable bonds is 11. The second kappa shape index (κ2) is 15.4. The van der Waals surface area contributed by atoms with Gasteiger partial charge in [0.25, 0.3) is 5.91 Å². The van der Waals surface area contributed by atoms with Crippen LogP contribution in [0.1, 0.15) is 39.5 Å². The minimum absolute atomic E-state index is 0.551. The average molecular weight is 398 g/mol. The maximum atomic E-state index is 11.1. The highest BCUT2D eigenvalue weighted by molar-refractivity contribution is 5.87. The van der Waals surface area contributed by atoms with Gasteiger partial charge in [-0.25, -0.2) is 5.48 Å². The number of carbonyl (C=O) groups is 1. The summed E-state index contributed by atoms with van der Waals surface area (Å²) in [5.41, 5.74) is 4.75. The van der Waals surface area contributed by atoms with Crippen LogP contribution in [0.15, 0.2) is 77.4 Å². The fourth-order valence-electron chi connectivity index (χ4n) is 2.91. The summed E-state index contributed by atoms with van der Waals surface area (Å²) in [6, 6.07) is 0. The van der Waals surface area contributed by atoms with Gasteiger partial charge in [-0.15, -0.1) is 0 Å². The molecule has 0 radical (unpaired) electrons. The SMILES string of the molecule is C=C(C=CC(C=CC(=O)NO)=CC)CN(CCC)CCC1=NCC=CC=CCC1. The van der Waals surface area contributed by atoms with Crippen molar-refractivity contribution >= 4 is 11.6 Å². The number of hydroxylamine groups is 1. The minimum atomic E-state index is -0.551. The largest absolute Gasteiger partial charge is 0.299 e. The predicted molar refractivity (Wildman–Crippen MR) is 122 cm³/mol. The molecule has 0 fully saturated rings. The Labute approximate surface area is 175 Å². The van der Waals surface area contributed by atoms with E-state index in [-0.39, 0.29) is 0 Å². The summed E-state index contributed by atoms with van der Waals surface area (Å²) in [5, 5.41) is 8.55. The first-order chi connectivity index (χ1) is 14.1. The Kier molecular flexibility index (Phi) is 13.1. The van der Waals surface area contributed by atoms with Gasteiger partial charge in [0, 0.05) is 24.9 Å². The molecule has 1 aliphatic heterocycles. The van der Waals surface area contributed by atoms with Crippen molar-refractivity contribution in [2.45, 2.75) is 39.5 Å². The normalized spacial score (nSPS) is 15.4. The van der Waals surface area contributed by atoms with Gasteiger partial charge in [-0.2, -0.15) is 0 Å². The van der Waals surface area contributed by atoms with Gasteiger partial charge in [0.15, 0.2) is 0 Å². The summed E-state index contributed by atoms with van der Waals surface area (Å²) in [4.78, 5) is 18.3. The molecule has 0 unspecified atom stereocenters. The second-order valence-corrected chi connectivity index (χ2v) is 6.92. The van der Waals surface area contributed by atoms with Crippen LogP contribution >= 0.6 is 0 Å². The Balaban J connectivity index is 2.59. The Morgan fingerprint density at radius 3 is 2.72 bits per heavy atom. The third-order valence-corrected chi connectivity index (χ3v) is 4.47. The van der Waals surface area contributed by atoms with Crippen LogP contribution in [0.4, 0.5) is 0 Å². The molecule has 0 saturated carbocycles. The van der Waals surface area contributed by atoms with Crippen molar-refractivity contribution in [1.29, 1.82) is 0 Å². The molecule has 0 aliphatic carbocycles. The van der Waals surface area contributed by atoms with E-state index >= 15 is 0 Å². The van der Waals surface area contributed by atoms with Gasteiger partial charge >= 0.3 is 0 Å². The highest BCUT2D eigenvalue weighted by atomic mass is 16.5. The molecule has 1 amide bonds. The van der Waals surface area contributed by atoms with Crippen LogP contribution in [0.3, 0.4) is 0 Å². The zero-order valence-corrected chi connectivity index (χ0v) is 17.8. The molecule has 0 aromatic rings. The van der Waals surface area contributed by atoms with E-state index in [2.05, 4.69) is 42.7 Å². The highest BCUT2D eigenvalue weighted by Crippen LogP contribution is 2.08. The molecule has 2 N–H and O–H groups in total. The molecule has 0 saturated heterocycles. The van der Waals surface area contributed by atoms with Crippen LogP contribution < -0.4 is 5.48 Å². The first kappa shape index (κ1) is 24.5. The summed E-state index contributed by atoms with van der Waals surface area (Å²) in [6.07, 6.45) is 21.3. The molecular weight excluding hydrogens is 362 g/mol. The van der Waals surface area contributed by atoms with Gasteiger partial charge < -0.3 is 0 Å². The van der Waals surface area contributed by atoms with Gasteiger partial charge in [0.05, 0.1) is 6.54 Å². The van der Waals surface area contributed by atoms with Crippen LogP contribution in [0.25, 0.3) is 0 Å². The number of hydrogen-bond donors (Lipinski definition) is 2. The molecule has 29 heavy (non-hydrogen) atoms. The Morgan fingerprint density at radius 2 is 2.00 bits per heavy atom. The quantitative estimate of drug-likeness (QED) is 0.233.